The third-order valence-electron chi connectivity index (χ3n) is 1.76. The SMILES string of the molecule is C1=NNCC1[n+]1ccccc1. The van der Waals surface area contributed by atoms with Gasteiger partial charge in [-0.15, -0.1) is 0 Å². The number of rotatable bonds is 1. The summed E-state index contributed by atoms with van der Waals surface area (Å²) in [6.07, 6.45) is 6.01. The number of hydrazone groups is 1. The Bertz CT molecular complexity index is 255. The molecule has 0 fully saturated rings. The normalized spacial score (nSPS) is 21.6. The summed E-state index contributed by atoms with van der Waals surface area (Å²) < 4.78 is 2.13. The van der Waals surface area contributed by atoms with Crippen molar-refractivity contribution in [2.24, 2.45) is 5.10 Å². The zero-order valence-corrected chi connectivity index (χ0v) is 6.14. The predicted octanol–water partition coefficient (Wildman–Crippen LogP) is 0.104. The second kappa shape index (κ2) is 2.70. The molecule has 0 bridgehead atoms. The van der Waals surface area contributed by atoms with Gasteiger partial charge in [0.1, 0.15) is 6.54 Å². The van der Waals surface area contributed by atoms with Gasteiger partial charge in [-0.3, -0.25) is 0 Å². The fourth-order valence-electron chi connectivity index (χ4n) is 1.15. The van der Waals surface area contributed by atoms with Crippen molar-refractivity contribution in [3.05, 3.63) is 30.6 Å². The van der Waals surface area contributed by atoms with Gasteiger partial charge in [0.15, 0.2) is 12.4 Å². The van der Waals surface area contributed by atoms with E-state index in [2.05, 4.69) is 15.1 Å². The molecule has 1 unspecified atom stereocenters. The number of nitrogens with one attached hydrogen (secondary N) is 1. The van der Waals surface area contributed by atoms with Crippen molar-refractivity contribution in [2.45, 2.75) is 6.04 Å². The first kappa shape index (κ1) is 6.34. The molecular weight excluding hydrogens is 138 g/mol. The standard InChI is InChI=1S/C8H10N3/c1-2-4-11(5-3-1)8-6-9-10-7-8/h1-6,8,10H,7H2/q+1. The Morgan fingerprint density at radius 2 is 2.09 bits per heavy atom. The lowest BCUT2D eigenvalue weighted by molar-refractivity contribution is -0.702. The maximum absolute atomic E-state index is 3.95. The van der Waals surface area contributed by atoms with Crippen molar-refractivity contribution >= 4 is 6.21 Å². The minimum Gasteiger partial charge on any atom is -0.303 e. The van der Waals surface area contributed by atoms with Crippen molar-refractivity contribution in [2.75, 3.05) is 6.54 Å². The first-order valence-corrected chi connectivity index (χ1v) is 3.68. The van der Waals surface area contributed by atoms with E-state index in [-0.39, 0.29) is 0 Å². The predicted molar refractivity (Wildman–Crippen MR) is 42.2 cm³/mol. The first-order chi connectivity index (χ1) is 5.47. The molecule has 0 aromatic carbocycles. The molecule has 1 atom stereocenters. The van der Waals surface area contributed by atoms with Gasteiger partial charge < -0.3 is 5.43 Å². The summed E-state index contributed by atoms with van der Waals surface area (Å²) in [6, 6.07) is 6.44. The van der Waals surface area contributed by atoms with Gasteiger partial charge in [-0.1, -0.05) is 6.07 Å². The van der Waals surface area contributed by atoms with E-state index >= 15 is 0 Å². The quantitative estimate of drug-likeness (QED) is 0.562. The monoisotopic (exact) mass is 148 g/mol. The van der Waals surface area contributed by atoms with Gasteiger partial charge in [0.25, 0.3) is 0 Å². The number of hydrogen-bond donors (Lipinski definition) is 1. The Labute approximate surface area is 65.4 Å². The van der Waals surface area contributed by atoms with Crippen LogP contribution in [0.5, 0.6) is 0 Å². The molecule has 0 saturated heterocycles. The van der Waals surface area contributed by atoms with E-state index in [1.807, 2.05) is 36.8 Å². The molecule has 2 rings (SSSR count). The molecule has 0 spiro atoms. The topological polar surface area (TPSA) is 28.3 Å². The summed E-state index contributed by atoms with van der Waals surface area (Å²) in [4.78, 5) is 0. The molecule has 56 valence electrons. The summed E-state index contributed by atoms with van der Waals surface area (Å²) in [5.74, 6) is 0. The Hall–Kier alpha value is -1.38. The van der Waals surface area contributed by atoms with Gasteiger partial charge in [-0.2, -0.15) is 9.67 Å². The van der Waals surface area contributed by atoms with Crippen LogP contribution in [0.3, 0.4) is 0 Å². The fourth-order valence-corrected chi connectivity index (χ4v) is 1.15. The van der Waals surface area contributed by atoms with Crippen LogP contribution in [-0.2, 0) is 0 Å². The molecule has 1 N–H and O–H groups in total. The van der Waals surface area contributed by atoms with E-state index in [9.17, 15) is 0 Å². The van der Waals surface area contributed by atoms with Crippen LogP contribution >= 0.6 is 0 Å². The van der Waals surface area contributed by atoms with Gasteiger partial charge in [0, 0.05) is 12.1 Å². The van der Waals surface area contributed by atoms with Crippen molar-refractivity contribution in [1.29, 1.82) is 0 Å². The molecule has 1 aliphatic heterocycles. The second-order valence-corrected chi connectivity index (χ2v) is 2.53. The zero-order valence-electron chi connectivity index (χ0n) is 6.14. The summed E-state index contributed by atoms with van der Waals surface area (Å²) in [6.45, 7) is 0.898. The van der Waals surface area contributed by atoms with Crippen LogP contribution < -0.4 is 9.99 Å². The van der Waals surface area contributed by atoms with Crippen LogP contribution in [-0.4, -0.2) is 12.8 Å². The molecule has 1 aliphatic rings. The van der Waals surface area contributed by atoms with E-state index in [1.165, 1.54) is 0 Å². The molecule has 2 heterocycles. The molecule has 3 nitrogen and oxygen atoms in total. The van der Waals surface area contributed by atoms with Crippen molar-refractivity contribution in [3.63, 3.8) is 0 Å². The van der Waals surface area contributed by atoms with Gasteiger partial charge in [0.05, 0.1) is 6.21 Å². The highest BCUT2D eigenvalue weighted by Crippen LogP contribution is 1.94. The lowest BCUT2D eigenvalue weighted by atomic mass is 10.3. The van der Waals surface area contributed by atoms with Gasteiger partial charge in [0.2, 0.25) is 6.04 Å². The Balaban J connectivity index is 2.23. The van der Waals surface area contributed by atoms with Gasteiger partial charge in [-0.25, -0.2) is 0 Å². The highest BCUT2D eigenvalue weighted by atomic mass is 15.3. The first-order valence-electron chi connectivity index (χ1n) is 3.68. The van der Waals surface area contributed by atoms with Crippen LogP contribution in [0.2, 0.25) is 0 Å². The van der Waals surface area contributed by atoms with E-state index in [0.717, 1.165) is 6.54 Å². The Morgan fingerprint density at radius 3 is 2.73 bits per heavy atom. The highest BCUT2D eigenvalue weighted by Gasteiger charge is 2.17. The summed E-state index contributed by atoms with van der Waals surface area (Å²) in [5, 5.41) is 3.95. The minimum atomic E-state index is 0.385. The zero-order chi connectivity index (χ0) is 7.52. The smallest absolute Gasteiger partial charge is 0.213 e. The molecule has 1 aromatic rings. The van der Waals surface area contributed by atoms with Gasteiger partial charge in [-0.05, 0) is 0 Å². The number of nitrogens with zero attached hydrogens (tertiary/aromatic N) is 2. The van der Waals surface area contributed by atoms with Crippen molar-refractivity contribution in [1.82, 2.24) is 5.43 Å². The van der Waals surface area contributed by atoms with E-state index < -0.39 is 0 Å². The lowest BCUT2D eigenvalue weighted by Crippen LogP contribution is -2.41. The average Bonchev–Trinajstić information content (AvgIpc) is 2.58. The van der Waals surface area contributed by atoms with Crippen LogP contribution in [0, 0.1) is 0 Å². The molecule has 1 aromatic heterocycles. The molecular formula is C8H10N3+. The second-order valence-electron chi connectivity index (χ2n) is 2.53. The van der Waals surface area contributed by atoms with Crippen LogP contribution in [0.25, 0.3) is 0 Å². The van der Waals surface area contributed by atoms with Crippen molar-refractivity contribution < 1.29 is 4.57 Å². The van der Waals surface area contributed by atoms with E-state index in [4.69, 9.17) is 0 Å². The summed E-state index contributed by atoms with van der Waals surface area (Å²) >= 11 is 0. The fraction of sp³-hybridized carbons (Fsp3) is 0.250. The molecule has 3 heteroatoms. The summed E-state index contributed by atoms with van der Waals surface area (Å²) in [5.41, 5.74) is 2.92. The number of pyridine rings is 1. The maximum Gasteiger partial charge on any atom is 0.213 e. The lowest BCUT2D eigenvalue weighted by Gasteiger charge is -1.98. The average molecular weight is 148 g/mol. The number of aromatic nitrogens is 1. The maximum atomic E-state index is 3.95. The van der Waals surface area contributed by atoms with Crippen LogP contribution in [0.4, 0.5) is 0 Å². The molecule has 0 amide bonds. The third kappa shape index (κ3) is 1.22. The Kier molecular flexibility index (Phi) is 1.55. The molecule has 11 heavy (non-hydrogen) atoms. The number of hydrogen-bond acceptors (Lipinski definition) is 2. The minimum absolute atomic E-state index is 0.385. The summed E-state index contributed by atoms with van der Waals surface area (Å²) in [7, 11) is 0. The van der Waals surface area contributed by atoms with E-state index in [1.54, 1.807) is 0 Å². The van der Waals surface area contributed by atoms with Crippen LogP contribution in [0.15, 0.2) is 35.7 Å². The molecule has 0 saturated carbocycles. The van der Waals surface area contributed by atoms with Crippen LogP contribution in [0.1, 0.15) is 6.04 Å². The highest BCUT2D eigenvalue weighted by molar-refractivity contribution is 5.62. The molecule has 0 radical (unpaired) electrons. The largest absolute Gasteiger partial charge is 0.303 e. The molecule has 0 aliphatic carbocycles. The Morgan fingerprint density at radius 1 is 1.27 bits per heavy atom. The van der Waals surface area contributed by atoms with E-state index in [0.29, 0.717) is 6.04 Å². The van der Waals surface area contributed by atoms with Crippen molar-refractivity contribution in [3.8, 4) is 0 Å². The third-order valence-corrected chi connectivity index (χ3v) is 1.76. The van der Waals surface area contributed by atoms with Gasteiger partial charge >= 0.3 is 0 Å².